The number of carbonyl (C=O) groups is 2. The number of ether oxygens (including phenoxy) is 1. The lowest BCUT2D eigenvalue weighted by molar-refractivity contribution is -0.143. The highest BCUT2D eigenvalue weighted by atomic mass is 32.3. The van der Waals surface area contributed by atoms with Crippen LogP contribution in [0.2, 0.25) is 0 Å². The van der Waals surface area contributed by atoms with E-state index in [0.29, 0.717) is 31.1 Å². The molecule has 3 N–H and O–H groups in total. The van der Waals surface area contributed by atoms with E-state index in [0.717, 1.165) is 6.54 Å². The highest BCUT2D eigenvalue weighted by Crippen LogP contribution is 2.30. The van der Waals surface area contributed by atoms with Gasteiger partial charge in [-0.1, -0.05) is 0 Å². The van der Waals surface area contributed by atoms with Gasteiger partial charge in [-0.3, -0.25) is 14.2 Å². The van der Waals surface area contributed by atoms with E-state index in [1.165, 1.54) is 4.90 Å². The van der Waals surface area contributed by atoms with Gasteiger partial charge >= 0.3 is 16.4 Å². The second-order valence-corrected chi connectivity index (χ2v) is 6.99. The molecule has 3 atom stereocenters. The van der Waals surface area contributed by atoms with Gasteiger partial charge in [-0.15, -0.1) is 4.28 Å². The summed E-state index contributed by atoms with van der Waals surface area (Å²) in [7, 11) is -4.81. The number of nitrogens with zero attached hydrogens (tertiary/aromatic N) is 2. The van der Waals surface area contributed by atoms with Crippen molar-refractivity contribution in [2.45, 2.75) is 31.0 Å². The molecule has 25 heavy (non-hydrogen) atoms. The van der Waals surface area contributed by atoms with E-state index in [-0.39, 0.29) is 19.3 Å². The molecule has 142 valence electrons. The molecule has 3 aliphatic heterocycles. The molecule has 13 heteroatoms. The van der Waals surface area contributed by atoms with Gasteiger partial charge in [0.2, 0.25) is 0 Å². The number of urea groups is 1. The van der Waals surface area contributed by atoms with Crippen LogP contribution >= 0.6 is 0 Å². The van der Waals surface area contributed by atoms with E-state index in [4.69, 9.17) is 14.1 Å². The Morgan fingerprint density at radius 3 is 2.92 bits per heavy atom. The third-order valence-electron chi connectivity index (χ3n) is 4.25. The first-order valence-electron chi connectivity index (χ1n) is 7.86. The molecule has 0 spiro atoms. The fourth-order valence-electron chi connectivity index (χ4n) is 3.10. The van der Waals surface area contributed by atoms with Gasteiger partial charge < -0.3 is 15.0 Å². The largest absolute Gasteiger partial charge is 0.418 e. The van der Waals surface area contributed by atoms with Crippen molar-refractivity contribution in [3.63, 3.8) is 0 Å². The van der Waals surface area contributed by atoms with Crippen LogP contribution in [0.1, 0.15) is 12.8 Å². The summed E-state index contributed by atoms with van der Waals surface area (Å²) < 4.78 is 40.1. The van der Waals surface area contributed by atoms with E-state index in [1.54, 1.807) is 0 Å². The Kier molecular flexibility index (Phi) is 5.41. The molecule has 0 saturated carbocycles. The molecule has 0 radical (unpaired) electrons. The highest BCUT2D eigenvalue weighted by Gasteiger charge is 2.49. The molecule has 3 aliphatic rings. The second-order valence-electron chi connectivity index (χ2n) is 5.98. The third-order valence-corrected chi connectivity index (χ3v) is 4.60. The number of fused-ring (bicyclic) bond motifs is 2. The molecule has 3 rings (SSSR count). The van der Waals surface area contributed by atoms with Crippen molar-refractivity contribution < 1.29 is 36.4 Å². The van der Waals surface area contributed by atoms with E-state index < -0.39 is 34.4 Å². The smallest absolute Gasteiger partial charge is 0.373 e. The maximum absolute atomic E-state index is 12.3. The highest BCUT2D eigenvalue weighted by molar-refractivity contribution is 7.80. The minimum absolute atomic E-state index is 0.127. The fourth-order valence-corrected chi connectivity index (χ4v) is 3.49. The van der Waals surface area contributed by atoms with Crippen LogP contribution in [-0.4, -0.2) is 85.9 Å². The number of rotatable bonds is 6. The zero-order valence-electron chi connectivity index (χ0n) is 13.3. The Morgan fingerprint density at radius 2 is 2.24 bits per heavy atom. The average Bonchev–Trinajstić information content (AvgIpc) is 2.79. The summed E-state index contributed by atoms with van der Waals surface area (Å²) in [5, 5.41) is 3.72. The quantitative estimate of drug-likeness (QED) is 0.352. The zero-order valence-corrected chi connectivity index (χ0v) is 14.1. The number of hydrogen-bond acceptors (Lipinski definition) is 8. The lowest BCUT2D eigenvalue weighted by atomic mass is 10.0. The van der Waals surface area contributed by atoms with Crippen LogP contribution < -0.4 is 10.8 Å². The van der Waals surface area contributed by atoms with Crippen LogP contribution in [0.5, 0.6) is 0 Å². The lowest BCUT2D eigenvalue weighted by Crippen LogP contribution is -2.50. The molecular formula is C12H20N4O8S. The number of amides is 3. The summed E-state index contributed by atoms with van der Waals surface area (Å²) in [5.74, 6) is -0.510. The van der Waals surface area contributed by atoms with Crippen LogP contribution in [0.25, 0.3) is 0 Å². The number of hydroxylamine groups is 3. The maximum atomic E-state index is 12.3. The summed E-state index contributed by atoms with van der Waals surface area (Å²) in [4.78, 5) is 30.8. The minimum Gasteiger partial charge on any atom is -0.373 e. The van der Waals surface area contributed by atoms with Crippen LogP contribution in [0.3, 0.4) is 0 Å². The number of nitrogens with one attached hydrogen (secondary N) is 2. The standard InChI is InChI=1S/C12H20N4O8S/c17-11(14-23-7-9-5-13-3-4-22-9)10-2-1-8-6-15(10)12(18)16(8)24-25(19,20)21/h8-10,13H,1-7H2,(H,14,17)(H,19,20,21)/t8?,9?,10-/m0/s1. The molecule has 3 fully saturated rings. The van der Waals surface area contributed by atoms with Crippen LogP contribution in [-0.2, 0) is 29.1 Å². The monoisotopic (exact) mass is 380 g/mol. The van der Waals surface area contributed by atoms with Crippen molar-refractivity contribution in [2.24, 2.45) is 0 Å². The molecular weight excluding hydrogens is 360 g/mol. The number of hydrogen-bond donors (Lipinski definition) is 3. The number of carbonyl (C=O) groups excluding carboxylic acids is 2. The second kappa shape index (κ2) is 7.39. The third kappa shape index (κ3) is 4.37. The first kappa shape index (κ1) is 18.3. The molecule has 0 aromatic carbocycles. The Balaban J connectivity index is 1.51. The van der Waals surface area contributed by atoms with Crippen LogP contribution in [0.4, 0.5) is 4.79 Å². The summed E-state index contributed by atoms with van der Waals surface area (Å²) in [6.07, 6.45) is 0.501. The Labute approximate surface area is 144 Å². The topological polar surface area (TPSA) is 147 Å². The average molecular weight is 380 g/mol. The SMILES string of the molecule is O=C(NOCC1CNCCO1)[C@@H]1CCC2CN1C(=O)N2OS(=O)(=O)O. The fraction of sp³-hybridized carbons (Fsp3) is 0.833. The van der Waals surface area contributed by atoms with Crippen molar-refractivity contribution in [1.82, 2.24) is 20.8 Å². The van der Waals surface area contributed by atoms with Crippen molar-refractivity contribution in [2.75, 3.05) is 32.8 Å². The zero-order chi connectivity index (χ0) is 18.0. The molecule has 0 aromatic heterocycles. The van der Waals surface area contributed by atoms with Gasteiger partial charge in [-0.05, 0) is 12.8 Å². The van der Waals surface area contributed by atoms with Crippen molar-refractivity contribution in [1.29, 1.82) is 0 Å². The summed E-state index contributed by atoms with van der Waals surface area (Å²) in [5.41, 5.74) is 2.30. The van der Waals surface area contributed by atoms with Gasteiger partial charge in [0.1, 0.15) is 12.6 Å². The van der Waals surface area contributed by atoms with Crippen molar-refractivity contribution >= 4 is 22.3 Å². The summed E-state index contributed by atoms with van der Waals surface area (Å²) in [6.45, 7) is 2.25. The van der Waals surface area contributed by atoms with E-state index >= 15 is 0 Å². The lowest BCUT2D eigenvalue weighted by Gasteiger charge is -2.29. The molecule has 0 aliphatic carbocycles. The predicted molar refractivity (Wildman–Crippen MR) is 80.1 cm³/mol. The predicted octanol–water partition coefficient (Wildman–Crippen LogP) is -1.97. The van der Waals surface area contributed by atoms with Crippen molar-refractivity contribution in [3.05, 3.63) is 0 Å². The number of piperidine rings is 1. The van der Waals surface area contributed by atoms with Crippen molar-refractivity contribution in [3.8, 4) is 0 Å². The summed E-state index contributed by atoms with van der Waals surface area (Å²) in [6, 6.07) is -2.13. The molecule has 3 heterocycles. The molecule has 2 bridgehead atoms. The Morgan fingerprint density at radius 1 is 1.44 bits per heavy atom. The Hall–Kier alpha value is -1.51. The van der Waals surface area contributed by atoms with Gasteiger partial charge in [0.05, 0.1) is 18.8 Å². The number of morpholine rings is 1. The maximum Gasteiger partial charge on any atom is 0.418 e. The molecule has 3 saturated heterocycles. The van der Waals surface area contributed by atoms with E-state index in [1.807, 2.05) is 0 Å². The molecule has 2 unspecified atom stereocenters. The van der Waals surface area contributed by atoms with Crippen LogP contribution in [0.15, 0.2) is 0 Å². The van der Waals surface area contributed by atoms with Crippen LogP contribution in [0, 0.1) is 0 Å². The first-order chi connectivity index (χ1) is 11.8. The van der Waals surface area contributed by atoms with Gasteiger partial charge in [-0.25, -0.2) is 10.3 Å². The molecule has 0 aromatic rings. The van der Waals surface area contributed by atoms with Gasteiger partial charge in [-0.2, -0.15) is 13.5 Å². The van der Waals surface area contributed by atoms with Gasteiger partial charge in [0.15, 0.2) is 0 Å². The van der Waals surface area contributed by atoms with Gasteiger partial charge in [0.25, 0.3) is 5.91 Å². The molecule has 3 amide bonds. The van der Waals surface area contributed by atoms with E-state index in [9.17, 15) is 18.0 Å². The normalized spacial score (nSPS) is 29.8. The first-order valence-corrected chi connectivity index (χ1v) is 9.22. The minimum atomic E-state index is -4.81. The molecule has 12 nitrogen and oxygen atoms in total. The van der Waals surface area contributed by atoms with Gasteiger partial charge in [0, 0.05) is 19.6 Å². The Bertz CT molecular complexity index is 623. The van der Waals surface area contributed by atoms with E-state index in [2.05, 4.69) is 15.1 Å². The summed E-state index contributed by atoms with van der Waals surface area (Å²) >= 11 is 0.